The van der Waals surface area contributed by atoms with Crippen molar-refractivity contribution in [1.82, 2.24) is 19.5 Å². The molecular weight excluding hydrogens is 354 g/mol. The summed E-state index contributed by atoms with van der Waals surface area (Å²) in [6.07, 6.45) is 2.89. The Morgan fingerprint density at radius 2 is 2.11 bits per heavy atom. The number of aromatic nitrogens is 3. The molecule has 1 unspecified atom stereocenters. The predicted octanol–water partition coefficient (Wildman–Crippen LogP) is 3.19. The van der Waals surface area contributed by atoms with Gasteiger partial charge in [-0.1, -0.05) is 6.07 Å². The molecule has 3 aromatic rings. The molecule has 0 saturated carbocycles. The fourth-order valence-corrected chi connectivity index (χ4v) is 3.69. The summed E-state index contributed by atoms with van der Waals surface area (Å²) in [5, 5.41) is 11.6. The van der Waals surface area contributed by atoms with E-state index in [1.807, 2.05) is 34.9 Å². The number of nitrogens with zero attached hydrogens (tertiary/aromatic N) is 4. The number of amides is 1. The van der Waals surface area contributed by atoms with Crippen LogP contribution in [0, 0.1) is 0 Å². The Labute approximate surface area is 164 Å². The van der Waals surface area contributed by atoms with Gasteiger partial charge in [0.25, 0.3) is 5.91 Å². The molecule has 1 atom stereocenters. The number of hydrogen-bond acceptors (Lipinski definition) is 5. The molecule has 0 bridgehead atoms. The van der Waals surface area contributed by atoms with Crippen molar-refractivity contribution in [3.8, 4) is 5.75 Å². The van der Waals surface area contributed by atoms with E-state index in [0.29, 0.717) is 29.0 Å². The highest BCUT2D eigenvalue weighted by Gasteiger charge is 2.29. The monoisotopic (exact) mass is 379 g/mol. The zero-order valence-electron chi connectivity index (χ0n) is 16.4. The summed E-state index contributed by atoms with van der Waals surface area (Å²) in [7, 11) is 1.60. The molecule has 1 aliphatic rings. The molecule has 1 fully saturated rings. The summed E-state index contributed by atoms with van der Waals surface area (Å²) >= 11 is 0. The number of likely N-dealkylation sites (tertiary alicyclic amines) is 1. The van der Waals surface area contributed by atoms with Crippen LogP contribution in [-0.2, 0) is 0 Å². The van der Waals surface area contributed by atoms with Gasteiger partial charge in [0.05, 0.1) is 12.7 Å². The van der Waals surface area contributed by atoms with Crippen LogP contribution in [0.5, 0.6) is 5.75 Å². The fraction of sp³-hybridized carbons (Fsp3) is 0.381. The molecule has 28 heavy (non-hydrogen) atoms. The second-order valence-corrected chi connectivity index (χ2v) is 7.46. The van der Waals surface area contributed by atoms with Crippen LogP contribution in [0.2, 0.25) is 0 Å². The summed E-state index contributed by atoms with van der Waals surface area (Å²) in [4.78, 5) is 15.2. The lowest BCUT2D eigenvalue weighted by Crippen LogP contribution is -2.28. The van der Waals surface area contributed by atoms with Crippen molar-refractivity contribution >= 4 is 17.2 Å². The Morgan fingerprint density at radius 1 is 1.25 bits per heavy atom. The Morgan fingerprint density at radius 3 is 2.86 bits per heavy atom. The predicted molar refractivity (Wildman–Crippen MR) is 108 cm³/mol. The van der Waals surface area contributed by atoms with Gasteiger partial charge in [-0.2, -0.15) is 0 Å². The van der Waals surface area contributed by atoms with Gasteiger partial charge in [0.2, 0.25) is 0 Å². The van der Waals surface area contributed by atoms with Crippen LogP contribution in [0.25, 0.3) is 5.65 Å². The minimum Gasteiger partial charge on any atom is -0.497 e. The molecule has 4 rings (SSSR count). The van der Waals surface area contributed by atoms with Crippen LogP contribution in [0.3, 0.4) is 0 Å². The van der Waals surface area contributed by atoms with Gasteiger partial charge in [-0.3, -0.25) is 9.20 Å². The topological polar surface area (TPSA) is 71.8 Å². The highest BCUT2D eigenvalue weighted by Crippen LogP contribution is 2.27. The zero-order valence-corrected chi connectivity index (χ0v) is 16.4. The van der Waals surface area contributed by atoms with E-state index in [0.717, 1.165) is 31.0 Å². The smallest absolute Gasteiger partial charge is 0.257 e. The number of pyridine rings is 1. The number of ether oxygens (including phenoxy) is 1. The second-order valence-electron chi connectivity index (χ2n) is 7.46. The SMILES string of the molecule is COc1cccc(NC(=O)c2ccc3nnc(C4CCN(C(C)C)C4)n3c2)c1. The molecule has 1 amide bonds. The van der Waals surface area contributed by atoms with Crippen LogP contribution in [0.1, 0.15) is 42.4 Å². The number of carbonyl (C=O) groups is 1. The lowest BCUT2D eigenvalue weighted by molar-refractivity contribution is 0.102. The van der Waals surface area contributed by atoms with E-state index in [1.165, 1.54) is 0 Å². The average molecular weight is 379 g/mol. The Balaban J connectivity index is 1.58. The van der Waals surface area contributed by atoms with E-state index in [1.54, 1.807) is 19.2 Å². The van der Waals surface area contributed by atoms with Gasteiger partial charge in [0.1, 0.15) is 11.6 Å². The third-order valence-electron chi connectivity index (χ3n) is 5.33. The van der Waals surface area contributed by atoms with Crippen molar-refractivity contribution in [2.75, 3.05) is 25.5 Å². The molecule has 0 spiro atoms. The number of rotatable bonds is 5. The number of benzene rings is 1. The highest BCUT2D eigenvalue weighted by molar-refractivity contribution is 6.04. The van der Waals surface area contributed by atoms with Gasteiger partial charge >= 0.3 is 0 Å². The molecule has 2 aromatic heterocycles. The molecule has 1 aromatic carbocycles. The van der Waals surface area contributed by atoms with Crippen LogP contribution in [0.4, 0.5) is 5.69 Å². The first kappa shape index (κ1) is 18.4. The first-order valence-corrected chi connectivity index (χ1v) is 9.59. The normalized spacial score (nSPS) is 17.4. The maximum absolute atomic E-state index is 12.7. The van der Waals surface area contributed by atoms with E-state index >= 15 is 0 Å². The molecule has 0 radical (unpaired) electrons. The first-order valence-electron chi connectivity index (χ1n) is 9.59. The second kappa shape index (κ2) is 7.59. The molecule has 0 aliphatic carbocycles. The van der Waals surface area contributed by atoms with Gasteiger partial charge in [-0.05, 0) is 51.1 Å². The third kappa shape index (κ3) is 3.57. The largest absolute Gasteiger partial charge is 0.497 e. The van der Waals surface area contributed by atoms with Crippen molar-refractivity contribution < 1.29 is 9.53 Å². The van der Waals surface area contributed by atoms with E-state index in [9.17, 15) is 4.79 Å². The maximum atomic E-state index is 12.7. The van der Waals surface area contributed by atoms with E-state index in [-0.39, 0.29) is 5.91 Å². The Hall–Kier alpha value is -2.93. The third-order valence-corrected chi connectivity index (χ3v) is 5.33. The Bertz CT molecular complexity index is 997. The minimum absolute atomic E-state index is 0.176. The van der Waals surface area contributed by atoms with Crippen molar-refractivity contribution in [3.05, 3.63) is 54.0 Å². The molecule has 7 heteroatoms. The van der Waals surface area contributed by atoms with Crippen molar-refractivity contribution in [2.24, 2.45) is 0 Å². The highest BCUT2D eigenvalue weighted by atomic mass is 16.5. The van der Waals surface area contributed by atoms with Gasteiger partial charge in [0.15, 0.2) is 5.65 Å². The van der Waals surface area contributed by atoms with Crippen molar-refractivity contribution in [3.63, 3.8) is 0 Å². The average Bonchev–Trinajstić information content (AvgIpc) is 3.34. The maximum Gasteiger partial charge on any atom is 0.257 e. The van der Waals surface area contributed by atoms with E-state index < -0.39 is 0 Å². The molecule has 1 saturated heterocycles. The fourth-order valence-electron chi connectivity index (χ4n) is 3.69. The molecule has 3 heterocycles. The minimum atomic E-state index is -0.176. The van der Waals surface area contributed by atoms with E-state index in [2.05, 4.69) is 34.3 Å². The number of methoxy groups -OCH3 is 1. The number of hydrogen-bond donors (Lipinski definition) is 1. The lowest BCUT2D eigenvalue weighted by atomic mass is 10.1. The molecule has 1 aliphatic heterocycles. The van der Waals surface area contributed by atoms with Crippen LogP contribution in [0.15, 0.2) is 42.6 Å². The van der Waals surface area contributed by atoms with Gasteiger partial charge < -0.3 is 15.0 Å². The quantitative estimate of drug-likeness (QED) is 0.737. The number of fused-ring (bicyclic) bond motifs is 1. The van der Waals surface area contributed by atoms with Gasteiger partial charge in [-0.25, -0.2) is 0 Å². The molecule has 146 valence electrons. The summed E-state index contributed by atoms with van der Waals surface area (Å²) in [6, 6.07) is 11.4. The molecule has 1 N–H and O–H groups in total. The molecule has 7 nitrogen and oxygen atoms in total. The standard InChI is InChI=1S/C21H25N5O2/c1-14(2)25-10-9-15(12-25)20-24-23-19-8-7-16(13-26(19)20)21(27)22-17-5-4-6-18(11-17)28-3/h4-8,11,13-15H,9-10,12H2,1-3H3,(H,22,27). The van der Waals surface area contributed by atoms with E-state index in [4.69, 9.17) is 4.74 Å². The summed E-state index contributed by atoms with van der Waals surface area (Å²) < 4.78 is 7.16. The lowest BCUT2D eigenvalue weighted by Gasteiger charge is -2.19. The first-order chi connectivity index (χ1) is 13.5. The van der Waals surface area contributed by atoms with Gasteiger partial charge in [0, 0.05) is 36.5 Å². The van der Waals surface area contributed by atoms with Crippen LogP contribution >= 0.6 is 0 Å². The summed E-state index contributed by atoms with van der Waals surface area (Å²) in [5.41, 5.74) is 2.02. The number of carbonyl (C=O) groups excluding carboxylic acids is 1. The van der Waals surface area contributed by atoms with Crippen molar-refractivity contribution in [2.45, 2.75) is 32.2 Å². The number of anilines is 1. The summed E-state index contributed by atoms with van der Waals surface area (Å²) in [5.74, 6) is 1.78. The van der Waals surface area contributed by atoms with Crippen molar-refractivity contribution in [1.29, 1.82) is 0 Å². The van der Waals surface area contributed by atoms with Crippen LogP contribution in [-0.4, -0.2) is 51.6 Å². The zero-order chi connectivity index (χ0) is 19.7. The number of nitrogens with one attached hydrogen (secondary N) is 1. The Kier molecular flexibility index (Phi) is 5.00. The molecular formula is C21H25N5O2. The van der Waals surface area contributed by atoms with Gasteiger partial charge in [-0.15, -0.1) is 10.2 Å². The summed E-state index contributed by atoms with van der Waals surface area (Å²) in [6.45, 7) is 6.46. The van der Waals surface area contributed by atoms with Crippen LogP contribution < -0.4 is 10.1 Å².